The highest BCUT2D eigenvalue weighted by atomic mass is 19.2. The molecular formula is C17H15F2N3O2. The predicted molar refractivity (Wildman–Crippen MR) is 84.3 cm³/mol. The molecule has 0 saturated heterocycles. The normalized spacial score (nSPS) is 11.0. The van der Waals surface area contributed by atoms with Crippen LogP contribution in [0.3, 0.4) is 0 Å². The van der Waals surface area contributed by atoms with E-state index < -0.39 is 17.4 Å². The van der Waals surface area contributed by atoms with Gasteiger partial charge in [0, 0.05) is 13.2 Å². The smallest absolute Gasteiger partial charge is 0.202 e. The summed E-state index contributed by atoms with van der Waals surface area (Å²) in [5.41, 5.74) is 1.64. The fourth-order valence-electron chi connectivity index (χ4n) is 2.68. The second-order valence-corrected chi connectivity index (χ2v) is 5.33. The Morgan fingerprint density at radius 1 is 1.25 bits per heavy atom. The van der Waals surface area contributed by atoms with E-state index >= 15 is 0 Å². The molecule has 1 aromatic carbocycles. The zero-order valence-electron chi connectivity index (χ0n) is 13.1. The van der Waals surface area contributed by atoms with Crippen molar-refractivity contribution in [3.8, 4) is 22.8 Å². The lowest BCUT2D eigenvalue weighted by Crippen LogP contribution is -2.06. The molecule has 0 spiro atoms. The zero-order valence-corrected chi connectivity index (χ0v) is 13.1. The molecule has 2 aromatic heterocycles. The van der Waals surface area contributed by atoms with Crippen LogP contribution in [-0.4, -0.2) is 25.7 Å². The minimum absolute atomic E-state index is 0.177. The van der Waals surface area contributed by atoms with Crippen molar-refractivity contribution in [3.05, 3.63) is 53.4 Å². The van der Waals surface area contributed by atoms with Crippen molar-refractivity contribution in [3.63, 3.8) is 0 Å². The van der Waals surface area contributed by atoms with Crippen LogP contribution in [0.4, 0.5) is 8.78 Å². The van der Waals surface area contributed by atoms with Crippen LogP contribution in [0.2, 0.25) is 0 Å². The van der Waals surface area contributed by atoms with Crippen LogP contribution in [0.15, 0.2) is 30.5 Å². The van der Waals surface area contributed by atoms with E-state index in [4.69, 9.17) is 0 Å². The van der Waals surface area contributed by atoms with Gasteiger partial charge in [-0.1, -0.05) is 6.92 Å². The third-order valence-corrected chi connectivity index (χ3v) is 3.91. The number of hydrogen-bond donors (Lipinski definition) is 1. The highest BCUT2D eigenvalue weighted by Gasteiger charge is 2.24. The maximum atomic E-state index is 14.3. The molecule has 0 fully saturated rings. The summed E-state index contributed by atoms with van der Waals surface area (Å²) in [6.45, 7) is 1.82. The summed E-state index contributed by atoms with van der Waals surface area (Å²) in [7, 11) is 1.78. The molecule has 24 heavy (non-hydrogen) atoms. The molecule has 0 radical (unpaired) electrons. The molecule has 1 N–H and O–H groups in total. The van der Waals surface area contributed by atoms with Gasteiger partial charge in [0.25, 0.3) is 0 Å². The highest BCUT2D eigenvalue weighted by Crippen LogP contribution is 2.31. The molecule has 124 valence electrons. The van der Waals surface area contributed by atoms with E-state index in [1.807, 2.05) is 6.92 Å². The number of rotatable bonds is 4. The Hall–Kier alpha value is -2.96. The van der Waals surface area contributed by atoms with Crippen molar-refractivity contribution in [2.45, 2.75) is 13.3 Å². The molecule has 0 bridgehead atoms. The maximum Gasteiger partial charge on any atom is 0.202 e. The molecular weight excluding hydrogens is 316 g/mol. The van der Waals surface area contributed by atoms with Gasteiger partial charge in [0.1, 0.15) is 11.4 Å². The Morgan fingerprint density at radius 2 is 2.00 bits per heavy atom. The van der Waals surface area contributed by atoms with Crippen LogP contribution in [0.25, 0.3) is 17.1 Å². The van der Waals surface area contributed by atoms with E-state index in [9.17, 15) is 18.7 Å². The number of aldehydes is 1. The number of hydrogen-bond acceptors (Lipinski definition) is 3. The van der Waals surface area contributed by atoms with Crippen LogP contribution in [-0.2, 0) is 13.5 Å². The van der Waals surface area contributed by atoms with Crippen LogP contribution < -0.4 is 0 Å². The Morgan fingerprint density at radius 3 is 2.58 bits per heavy atom. The number of phenolic OH excluding ortho intramolecular Hbond substituents is 1. The third kappa shape index (κ3) is 2.29. The molecule has 0 saturated carbocycles. The lowest BCUT2D eigenvalue weighted by molar-refractivity contribution is 0.112. The summed E-state index contributed by atoms with van der Waals surface area (Å²) in [5, 5.41) is 13.6. The average Bonchev–Trinajstić information content (AvgIpc) is 3.15. The number of carbonyl (C=O) groups is 1. The van der Waals surface area contributed by atoms with Crippen molar-refractivity contribution in [1.29, 1.82) is 0 Å². The summed E-state index contributed by atoms with van der Waals surface area (Å²) in [4.78, 5) is 11.6. The molecule has 0 aliphatic heterocycles. The second-order valence-electron chi connectivity index (χ2n) is 5.33. The lowest BCUT2D eigenvalue weighted by Gasteiger charge is -2.11. The fraction of sp³-hybridized carbons (Fsp3) is 0.176. The molecule has 5 nitrogen and oxygen atoms in total. The number of nitrogens with zero attached hydrogens (tertiary/aromatic N) is 3. The van der Waals surface area contributed by atoms with Crippen molar-refractivity contribution >= 4 is 6.29 Å². The molecule has 0 amide bonds. The lowest BCUT2D eigenvalue weighted by atomic mass is 10.1. The summed E-state index contributed by atoms with van der Waals surface area (Å²) in [6.07, 6.45) is 2.90. The Kier molecular flexibility index (Phi) is 3.92. The van der Waals surface area contributed by atoms with E-state index in [1.54, 1.807) is 29.9 Å². The third-order valence-electron chi connectivity index (χ3n) is 3.91. The molecule has 0 atom stereocenters. The van der Waals surface area contributed by atoms with Crippen molar-refractivity contribution < 1.29 is 18.7 Å². The van der Waals surface area contributed by atoms with Crippen molar-refractivity contribution in [1.82, 2.24) is 14.3 Å². The van der Waals surface area contributed by atoms with Gasteiger partial charge >= 0.3 is 0 Å². The van der Waals surface area contributed by atoms with Gasteiger partial charge in [0.2, 0.25) is 5.82 Å². The topological polar surface area (TPSA) is 60.0 Å². The largest absolute Gasteiger partial charge is 0.505 e. The first-order chi connectivity index (χ1) is 11.5. The highest BCUT2D eigenvalue weighted by molar-refractivity contribution is 5.87. The van der Waals surface area contributed by atoms with Gasteiger partial charge in [-0.25, -0.2) is 9.07 Å². The van der Waals surface area contributed by atoms with E-state index in [1.165, 1.54) is 10.7 Å². The monoisotopic (exact) mass is 331 g/mol. The predicted octanol–water partition coefficient (Wildman–Crippen LogP) is 3.24. The summed E-state index contributed by atoms with van der Waals surface area (Å²) >= 11 is 0. The number of aromatic nitrogens is 3. The SMILES string of the molecule is CCc1nn(-c2ccc(O)c(F)c2F)c(-c2cccn2C)c1C=O. The number of benzene rings is 1. The summed E-state index contributed by atoms with van der Waals surface area (Å²) < 4.78 is 31.1. The van der Waals surface area contributed by atoms with Gasteiger partial charge in [-0.3, -0.25) is 4.79 Å². The first-order valence-corrected chi connectivity index (χ1v) is 7.35. The van der Waals surface area contributed by atoms with Gasteiger partial charge in [-0.2, -0.15) is 9.49 Å². The minimum atomic E-state index is -1.36. The molecule has 0 unspecified atom stereocenters. The van der Waals surface area contributed by atoms with Crippen LogP contribution in [0, 0.1) is 11.6 Å². The Bertz CT molecular complexity index is 928. The second kappa shape index (κ2) is 5.92. The Labute approximate surface area is 136 Å². The van der Waals surface area contributed by atoms with Crippen molar-refractivity contribution in [2.24, 2.45) is 7.05 Å². The minimum Gasteiger partial charge on any atom is -0.505 e. The van der Waals surface area contributed by atoms with E-state index in [2.05, 4.69) is 5.10 Å². The fourth-order valence-corrected chi connectivity index (χ4v) is 2.68. The van der Waals surface area contributed by atoms with Gasteiger partial charge in [-0.05, 0) is 30.7 Å². The van der Waals surface area contributed by atoms with Crippen LogP contribution in [0.5, 0.6) is 5.75 Å². The summed E-state index contributed by atoms with van der Waals surface area (Å²) in [6, 6.07) is 5.81. The molecule has 3 rings (SSSR count). The molecule has 0 aliphatic carbocycles. The van der Waals surface area contributed by atoms with E-state index in [0.29, 0.717) is 35.4 Å². The van der Waals surface area contributed by atoms with Crippen LogP contribution >= 0.6 is 0 Å². The maximum absolute atomic E-state index is 14.3. The first-order valence-electron chi connectivity index (χ1n) is 7.35. The number of carbonyl (C=O) groups excluding carboxylic acids is 1. The number of phenols is 1. The zero-order chi connectivity index (χ0) is 17.4. The van der Waals surface area contributed by atoms with E-state index in [0.717, 1.165) is 6.07 Å². The summed E-state index contributed by atoms with van der Waals surface area (Å²) in [5.74, 6) is -3.37. The van der Waals surface area contributed by atoms with E-state index in [-0.39, 0.29) is 5.69 Å². The average molecular weight is 331 g/mol. The molecule has 0 aliphatic rings. The van der Waals surface area contributed by atoms with Gasteiger partial charge in [0.15, 0.2) is 17.9 Å². The van der Waals surface area contributed by atoms with Gasteiger partial charge in [-0.15, -0.1) is 0 Å². The van der Waals surface area contributed by atoms with Crippen LogP contribution in [0.1, 0.15) is 23.0 Å². The van der Waals surface area contributed by atoms with Gasteiger partial charge in [0.05, 0.1) is 17.0 Å². The van der Waals surface area contributed by atoms with Gasteiger partial charge < -0.3 is 9.67 Å². The van der Waals surface area contributed by atoms with Crippen molar-refractivity contribution in [2.75, 3.05) is 0 Å². The standard InChI is InChI=1S/C17H15F2N3O2/c1-3-11-10(9-23)17(13-5-4-8-21(13)2)22(20-11)12-6-7-14(24)16(19)15(12)18/h4-9,24H,3H2,1-2H3. The quantitative estimate of drug-likeness (QED) is 0.747. The molecule has 7 heteroatoms. The number of aromatic hydroxyl groups is 1. The number of aryl methyl sites for hydroxylation is 2. The molecule has 2 heterocycles. The Balaban J connectivity index is 2.37. The number of halogens is 2. The first kappa shape index (κ1) is 15.9. The molecule has 3 aromatic rings.